The van der Waals surface area contributed by atoms with Crippen LogP contribution in [0.2, 0.25) is 0 Å². The molecule has 0 aliphatic heterocycles. The maximum Gasteiger partial charge on any atom is 0.280 e. The first kappa shape index (κ1) is 20.6. The number of hydrazone groups is 1. The van der Waals surface area contributed by atoms with Crippen LogP contribution >= 0.6 is 0 Å². The van der Waals surface area contributed by atoms with Crippen molar-refractivity contribution in [1.29, 1.82) is 0 Å². The first-order chi connectivity index (χ1) is 12.6. The maximum atomic E-state index is 12.2. The van der Waals surface area contributed by atoms with Gasteiger partial charge in [0.15, 0.2) is 15.9 Å². The Kier molecular flexibility index (Phi) is 6.38. The van der Waals surface area contributed by atoms with E-state index < -0.39 is 15.9 Å². The molecule has 0 unspecified atom stereocenters. The summed E-state index contributed by atoms with van der Waals surface area (Å²) in [4.78, 5) is 12.5. The summed E-state index contributed by atoms with van der Waals surface area (Å²) in [5.41, 5.74) is 5.84. The Morgan fingerprint density at radius 1 is 1.11 bits per heavy atom. The van der Waals surface area contributed by atoms with Crippen molar-refractivity contribution in [3.63, 3.8) is 0 Å². The Morgan fingerprint density at radius 3 is 2.33 bits per heavy atom. The average Bonchev–Trinajstić information content (AvgIpc) is 2.62. The van der Waals surface area contributed by atoms with Gasteiger partial charge in [-0.25, -0.2) is 13.8 Å². The van der Waals surface area contributed by atoms with E-state index in [4.69, 9.17) is 4.74 Å². The van der Waals surface area contributed by atoms with Crippen LogP contribution in [-0.2, 0) is 14.6 Å². The van der Waals surface area contributed by atoms with Gasteiger partial charge in [0.05, 0.1) is 10.6 Å². The van der Waals surface area contributed by atoms with E-state index in [1.165, 1.54) is 12.1 Å². The minimum absolute atomic E-state index is 0.235. The number of rotatable bonds is 6. The maximum absolute atomic E-state index is 12.2. The molecule has 0 radical (unpaired) electrons. The Labute approximate surface area is 160 Å². The quantitative estimate of drug-likeness (QED) is 0.609. The van der Waals surface area contributed by atoms with E-state index in [0.29, 0.717) is 17.0 Å². The van der Waals surface area contributed by atoms with Crippen LogP contribution in [0.4, 0.5) is 0 Å². The van der Waals surface area contributed by atoms with Crippen LogP contribution in [0.15, 0.2) is 52.5 Å². The molecule has 0 aliphatic carbocycles. The van der Waals surface area contributed by atoms with Crippen molar-refractivity contribution in [2.75, 3.05) is 6.26 Å². The third-order valence-electron chi connectivity index (χ3n) is 4.26. The van der Waals surface area contributed by atoms with Crippen molar-refractivity contribution < 1.29 is 17.9 Å². The summed E-state index contributed by atoms with van der Waals surface area (Å²) in [5, 5.41) is 4.08. The molecule has 2 aromatic carbocycles. The first-order valence-corrected chi connectivity index (χ1v) is 10.4. The molecule has 1 atom stereocenters. The number of hydrogen-bond donors (Lipinski definition) is 1. The highest BCUT2D eigenvalue weighted by atomic mass is 32.2. The van der Waals surface area contributed by atoms with Gasteiger partial charge in [-0.3, -0.25) is 4.79 Å². The second-order valence-electron chi connectivity index (χ2n) is 6.43. The molecule has 0 heterocycles. The number of amides is 1. The lowest BCUT2D eigenvalue weighted by Gasteiger charge is -2.16. The van der Waals surface area contributed by atoms with Crippen LogP contribution in [-0.4, -0.2) is 32.4 Å². The zero-order valence-corrected chi connectivity index (χ0v) is 16.9. The lowest BCUT2D eigenvalue weighted by molar-refractivity contribution is -0.127. The van der Waals surface area contributed by atoms with Crippen LogP contribution in [0.1, 0.15) is 30.5 Å². The monoisotopic (exact) mass is 388 g/mol. The summed E-state index contributed by atoms with van der Waals surface area (Å²) >= 11 is 0. The molecule has 0 saturated heterocycles. The Bertz CT molecular complexity index is 964. The first-order valence-electron chi connectivity index (χ1n) is 8.47. The van der Waals surface area contributed by atoms with E-state index in [0.717, 1.165) is 17.4 Å². The number of sulfone groups is 1. The van der Waals surface area contributed by atoms with Gasteiger partial charge in [0.2, 0.25) is 0 Å². The molecule has 0 fully saturated rings. The highest BCUT2D eigenvalue weighted by Gasteiger charge is 2.16. The van der Waals surface area contributed by atoms with Crippen molar-refractivity contribution in [3.8, 4) is 5.75 Å². The van der Waals surface area contributed by atoms with E-state index in [-0.39, 0.29) is 10.8 Å². The second-order valence-corrected chi connectivity index (χ2v) is 8.44. The van der Waals surface area contributed by atoms with E-state index >= 15 is 0 Å². The Hall–Kier alpha value is -2.67. The second kappa shape index (κ2) is 8.35. The van der Waals surface area contributed by atoms with Gasteiger partial charge in [0.1, 0.15) is 5.75 Å². The summed E-state index contributed by atoms with van der Waals surface area (Å²) in [6, 6.07) is 12.0. The lowest BCUT2D eigenvalue weighted by atomic mass is 10.1. The molecule has 2 aromatic rings. The smallest absolute Gasteiger partial charge is 0.280 e. The normalized spacial score (nSPS) is 13.1. The summed E-state index contributed by atoms with van der Waals surface area (Å²) in [5.74, 6) is 0.290. The van der Waals surface area contributed by atoms with Gasteiger partial charge < -0.3 is 4.74 Å². The molecule has 2 rings (SSSR count). The number of aryl methyl sites for hydroxylation is 1. The van der Waals surface area contributed by atoms with Crippen molar-refractivity contribution in [3.05, 3.63) is 59.2 Å². The molecule has 0 aromatic heterocycles. The highest BCUT2D eigenvalue weighted by Crippen LogP contribution is 2.21. The molecule has 0 aliphatic rings. The number of nitrogens with zero attached hydrogens (tertiary/aromatic N) is 1. The van der Waals surface area contributed by atoms with E-state index in [1.54, 1.807) is 26.0 Å². The SMILES string of the molecule is C/C(=N/NC(=O)[C@H](C)Oc1cccc(C)c1C)c1ccc(S(C)(=O)=O)cc1. The highest BCUT2D eigenvalue weighted by molar-refractivity contribution is 7.90. The zero-order valence-electron chi connectivity index (χ0n) is 16.1. The molecule has 0 bridgehead atoms. The fraction of sp³-hybridized carbons (Fsp3) is 0.300. The minimum atomic E-state index is -3.24. The standard InChI is InChI=1S/C20H24N2O4S/c1-13-7-6-8-19(14(13)2)26-16(4)20(23)22-21-15(3)17-9-11-18(12-10-17)27(5,24)25/h6-12,16H,1-5H3,(H,22,23)/b21-15-/t16-/m0/s1. The number of benzene rings is 2. The van der Waals surface area contributed by atoms with Gasteiger partial charge in [-0.1, -0.05) is 24.3 Å². The molecular weight excluding hydrogens is 364 g/mol. The van der Waals surface area contributed by atoms with Crippen molar-refractivity contribution in [2.24, 2.45) is 5.10 Å². The van der Waals surface area contributed by atoms with Gasteiger partial charge in [0.25, 0.3) is 5.91 Å². The average molecular weight is 388 g/mol. The fourth-order valence-corrected chi connectivity index (χ4v) is 2.96. The summed E-state index contributed by atoms with van der Waals surface area (Å²) in [6.45, 7) is 7.31. The largest absolute Gasteiger partial charge is 0.481 e. The molecule has 1 N–H and O–H groups in total. The van der Waals surface area contributed by atoms with Gasteiger partial charge in [-0.2, -0.15) is 5.10 Å². The number of hydrogen-bond acceptors (Lipinski definition) is 5. The topological polar surface area (TPSA) is 84.8 Å². The van der Waals surface area contributed by atoms with Crippen LogP contribution < -0.4 is 10.2 Å². The number of ether oxygens (including phenoxy) is 1. The van der Waals surface area contributed by atoms with E-state index in [9.17, 15) is 13.2 Å². The van der Waals surface area contributed by atoms with Gasteiger partial charge in [-0.15, -0.1) is 0 Å². The molecule has 7 heteroatoms. The summed E-state index contributed by atoms with van der Waals surface area (Å²) in [6.07, 6.45) is 0.440. The van der Waals surface area contributed by atoms with Crippen LogP contribution in [0.3, 0.4) is 0 Å². The molecule has 27 heavy (non-hydrogen) atoms. The van der Waals surface area contributed by atoms with Crippen LogP contribution in [0.25, 0.3) is 0 Å². The van der Waals surface area contributed by atoms with Crippen molar-refractivity contribution in [1.82, 2.24) is 5.43 Å². The van der Waals surface area contributed by atoms with Crippen molar-refractivity contribution in [2.45, 2.75) is 38.7 Å². The summed E-state index contributed by atoms with van der Waals surface area (Å²) < 4.78 is 28.7. The predicted octanol–water partition coefficient (Wildman–Crippen LogP) is 3.01. The van der Waals surface area contributed by atoms with E-state index in [2.05, 4.69) is 10.5 Å². The predicted molar refractivity (Wildman–Crippen MR) is 106 cm³/mol. The third kappa shape index (κ3) is 5.40. The molecule has 144 valence electrons. The van der Waals surface area contributed by atoms with Crippen LogP contribution in [0, 0.1) is 13.8 Å². The number of carbonyl (C=O) groups is 1. The van der Waals surface area contributed by atoms with Gasteiger partial charge >= 0.3 is 0 Å². The summed E-state index contributed by atoms with van der Waals surface area (Å²) in [7, 11) is -3.24. The molecule has 1 amide bonds. The lowest BCUT2D eigenvalue weighted by Crippen LogP contribution is -2.34. The van der Waals surface area contributed by atoms with Gasteiger partial charge in [0, 0.05) is 6.26 Å². The zero-order chi connectivity index (χ0) is 20.2. The number of nitrogens with one attached hydrogen (secondary N) is 1. The minimum Gasteiger partial charge on any atom is -0.481 e. The molecule has 6 nitrogen and oxygen atoms in total. The van der Waals surface area contributed by atoms with E-state index in [1.807, 2.05) is 32.0 Å². The Balaban J connectivity index is 2.03. The molecular formula is C20H24N2O4S. The van der Waals surface area contributed by atoms with Gasteiger partial charge in [-0.05, 0) is 62.6 Å². The number of carbonyl (C=O) groups excluding carboxylic acids is 1. The van der Waals surface area contributed by atoms with Crippen LogP contribution in [0.5, 0.6) is 5.75 Å². The Morgan fingerprint density at radius 2 is 1.74 bits per heavy atom. The fourth-order valence-electron chi connectivity index (χ4n) is 2.33. The molecule has 0 saturated carbocycles. The van der Waals surface area contributed by atoms with Crippen molar-refractivity contribution >= 4 is 21.5 Å². The molecule has 0 spiro atoms. The third-order valence-corrected chi connectivity index (χ3v) is 5.39.